The molecule has 0 spiro atoms. The topological polar surface area (TPSA) is 69.6 Å². The number of carbonyl (C=O) groups excluding carboxylic acids is 1. The van der Waals surface area contributed by atoms with Gasteiger partial charge in [-0.25, -0.2) is 4.79 Å². The van der Waals surface area contributed by atoms with Gasteiger partial charge in [0.25, 0.3) is 0 Å². The molecule has 0 heterocycles. The van der Waals surface area contributed by atoms with Gasteiger partial charge in [-0.2, -0.15) is 0 Å². The Labute approximate surface area is 115 Å². The largest absolute Gasteiger partial charge is 0.480 e. The number of rotatable bonds is 9. The molecule has 5 heteroatoms. The number of amides is 1. The number of hydrogen-bond donors (Lipinski definition) is 2. The third-order valence-electron chi connectivity index (χ3n) is 2.88. The van der Waals surface area contributed by atoms with Gasteiger partial charge in [-0.15, -0.1) is 13.2 Å². The summed E-state index contributed by atoms with van der Waals surface area (Å²) >= 11 is 0. The monoisotopic (exact) mass is 268 g/mol. The summed E-state index contributed by atoms with van der Waals surface area (Å²) in [4.78, 5) is 25.0. The summed E-state index contributed by atoms with van der Waals surface area (Å²) in [5.74, 6) is -1.49. The smallest absolute Gasteiger partial charge is 0.326 e. The summed E-state index contributed by atoms with van der Waals surface area (Å²) in [5.41, 5.74) is 0. The van der Waals surface area contributed by atoms with Crippen LogP contribution < -0.4 is 5.32 Å². The Hall–Kier alpha value is -1.62. The number of nitrogens with zero attached hydrogens (tertiary/aromatic N) is 1. The van der Waals surface area contributed by atoms with Gasteiger partial charge in [-0.1, -0.05) is 26.0 Å². The zero-order chi connectivity index (χ0) is 15.0. The van der Waals surface area contributed by atoms with Crippen LogP contribution in [0.5, 0.6) is 0 Å². The highest BCUT2D eigenvalue weighted by atomic mass is 16.4. The first-order chi connectivity index (χ1) is 8.84. The Morgan fingerprint density at radius 2 is 1.68 bits per heavy atom. The van der Waals surface area contributed by atoms with Crippen LogP contribution in [0.3, 0.4) is 0 Å². The van der Waals surface area contributed by atoms with E-state index >= 15 is 0 Å². The zero-order valence-electron chi connectivity index (χ0n) is 11.9. The fourth-order valence-electron chi connectivity index (χ4n) is 1.68. The van der Waals surface area contributed by atoms with Gasteiger partial charge >= 0.3 is 5.97 Å². The SMILES string of the molecule is C=CCN(CC=C)C(C)C(=O)NC(C(=O)O)C(C)C. The van der Waals surface area contributed by atoms with E-state index in [0.29, 0.717) is 13.1 Å². The van der Waals surface area contributed by atoms with Gasteiger partial charge in [-0.3, -0.25) is 9.69 Å². The normalized spacial score (nSPS) is 13.9. The van der Waals surface area contributed by atoms with Crippen molar-refractivity contribution in [1.29, 1.82) is 0 Å². The minimum absolute atomic E-state index is 0.166. The molecule has 0 aromatic heterocycles. The van der Waals surface area contributed by atoms with Crippen LogP contribution in [0.4, 0.5) is 0 Å². The summed E-state index contributed by atoms with van der Waals surface area (Å²) in [6.45, 7) is 13.6. The molecule has 0 saturated heterocycles. The number of aliphatic carboxylic acids is 1. The van der Waals surface area contributed by atoms with Gasteiger partial charge in [0.2, 0.25) is 5.91 Å². The summed E-state index contributed by atoms with van der Waals surface area (Å²) in [6, 6.07) is -1.30. The molecule has 0 aliphatic rings. The Bertz CT molecular complexity index is 330. The minimum atomic E-state index is -1.02. The second-order valence-electron chi connectivity index (χ2n) is 4.78. The van der Waals surface area contributed by atoms with Crippen molar-refractivity contribution in [3.05, 3.63) is 25.3 Å². The number of hydrogen-bond acceptors (Lipinski definition) is 3. The lowest BCUT2D eigenvalue weighted by Gasteiger charge is -2.28. The van der Waals surface area contributed by atoms with E-state index in [9.17, 15) is 9.59 Å². The molecule has 0 bridgehead atoms. The van der Waals surface area contributed by atoms with E-state index in [1.165, 1.54) is 0 Å². The van der Waals surface area contributed by atoms with Crippen LogP contribution in [0.1, 0.15) is 20.8 Å². The summed E-state index contributed by atoms with van der Waals surface area (Å²) in [5, 5.41) is 11.6. The molecule has 0 saturated carbocycles. The van der Waals surface area contributed by atoms with Crippen LogP contribution in [-0.4, -0.2) is 47.1 Å². The zero-order valence-corrected chi connectivity index (χ0v) is 11.9. The lowest BCUT2D eigenvalue weighted by molar-refractivity contribution is -0.143. The molecule has 2 N–H and O–H groups in total. The van der Waals surface area contributed by atoms with E-state index < -0.39 is 18.1 Å². The third-order valence-corrected chi connectivity index (χ3v) is 2.88. The highest BCUT2D eigenvalue weighted by molar-refractivity contribution is 5.86. The van der Waals surface area contributed by atoms with E-state index in [2.05, 4.69) is 18.5 Å². The first-order valence-corrected chi connectivity index (χ1v) is 6.34. The van der Waals surface area contributed by atoms with Crippen molar-refractivity contribution in [2.45, 2.75) is 32.9 Å². The standard InChI is InChI=1S/C14H24N2O3/c1-6-8-16(9-7-2)11(5)13(17)15-12(10(3)4)14(18)19/h6-7,10-12H,1-2,8-9H2,3-5H3,(H,15,17)(H,18,19). The van der Waals surface area contributed by atoms with Gasteiger partial charge < -0.3 is 10.4 Å². The molecule has 1 amide bonds. The molecule has 2 atom stereocenters. The average Bonchev–Trinajstić information content (AvgIpc) is 2.33. The van der Waals surface area contributed by atoms with Crippen molar-refractivity contribution < 1.29 is 14.7 Å². The number of carbonyl (C=O) groups is 2. The Morgan fingerprint density at radius 3 is 2.00 bits per heavy atom. The lowest BCUT2D eigenvalue weighted by atomic mass is 10.0. The van der Waals surface area contributed by atoms with Crippen molar-refractivity contribution in [2.24, 2.45) is 5.92 Å². The molecule has 0 rings (SSSR count). The summed E-state index contributed by atoms with van der Waals surface area (Å²) < 4.78 is 0. The lowest BCUT2D eigenvalue weighted by Crippen LogP contribution is -2.52. The average molecular weight is 268 g/mol. The first kappa shape index (κ1) is 17.4. The number of carboxylic acids is 1. The van der Waals surface area contributed by atoms with Crippen molar-refractivity contribution in [2.75, 3.05) is 13.1 Å². The molecule has 5 nitrogen and oxygen atoms in total. The van der Waals surface area contributed by atoms with Crippen LogP contribution in [-0.2, 0) is 9.59 Å². The van der Waals surface area contributed by atoms with E-state index in [0.717, 1.165) is 0 Å². The van der Waals surface area contributed by atoms with Crippen molar-refractivity contribution in [3.8, 4) is 0 Å². The van der Waals surface area contributed by atoms with Crippen LogP contribution in [0.2, 0.25) is 0 Å². The van der Waals surface area contributed by atoms with E-state index in [4.69, 9.17) is 5.11 Å². The third kappa shape index (κ3) is 5.70. The van der Waals surface area contributed by atoms with E-state index in [1.54, 1.807) is 32.9 Å². The van der Waals surface area contributed by atoms with Crippen LogP contribution in [0, 0.1) is 5.92 Å². The molecular formula is C14H24N2O3. The predicted octanol–water partition coefficient (Wildman–Crippen LogP) is 1.27. The maximum absolute atomic E-state index is 12.1. The molecule has 0 radical (unpaired) electrons. The van der Waals surface area contributed by atoms with Crippen molar-refractivity contribution in [1.82, 2.24) is 10.2 Å². The van der Waals surface area contributed by atoms with Crippen LogP contribution in [0.25, 0.3) is 0 Å². The highest BCUT2D eigenvalue weighted by Gasteiger charge is 2.27. The second-order valence-corrected chi connectivity index (χ2v) is 4.78. The van der Waals surface area contributed by atoms with Crippen molar-refractivity contribution in [3.63, 3.8) is 0 Å². The summed E-state index contributed by atoms with van der Waals surface area (Å²) in [7, 11) is 0. The molecule has 0 aromatic rings. The summed E-state index contributed by atoms with van der Waals surface area (Å²) in [6.07, 6.45) is 3.40. The molecule has 0 fully saturated rings. The molecule has 19 heavy (non-hydrogen) atoms. The maximum atomic E-state index is 12.1. The molecule has 2 unspecified atom stereocenters. The molecule has 0 aliphatic heterocycles. The molecular weight excluding hydrogens is 244 g/mol. The van der Waals surface area contributed by atoms with Gasteiger partial charge in [0.15, 0.2) is 0 Å². The van der Waals surface area contributed by atoms with Crippen LogP contribution >= 0.6 is 0 Å². The van der Waals surface area contributed by atoms with Gasteiger partial charge in [0, 0.05) is 13.1 Å². The maximum Gasteiger partial charge on any atom is 0.326 e. The molecule has 0 aliphatic carbocycles. The Morgan fingerprint density at radius 1 is 1.21 bits per heavy atom. The fraction of sp³-hybridized carbons (Fsp3) is 0.571. The fourth-order valence-corrected chi connectivity index (χ4v) is 1.68. The second kappa shape index (κ2) is 8.48. The Balaban J connectivity index is 4.73. The molecule has 108 valence electrons. The van der Waals surface area contributed by atoms with Gasteiger partial charge in [-0.05, 0) is 12.8 Å². The van der Waals surface area contributed by atoms with Gasteiger partial charge in [0.05, 0.1) is 6.04 Å². The van der Waals surface area contributed by atoms with Crippen LogP contribution in [0.15, 0.2) is 25.3 Å². The Kier molecular flexibility index (Phi) is 7.75. The van der Waals surface area contributed by atoms with Crippen molar-refractivity contribution >= 4 is 11.9 Å². The number of nitrogens with one attached hydrogen (secondary N) is 1. The molecule has 0 aromatic carbocycles. The highest BCUT2D eigenvalue weighted by Crippen LogP contribution is 2.05. The minimum Gasteiger partial charge on any atom is -0.480 e. The quantitative estimate of drug-likeness (QED) is 0.618. The number of carboxylic acid groups (broad SMARTS) is 1. The van der Waals surface area contributed by atoms with E-state index in [-0.39, 0.29) is 11.8 Å². The van der Waals surface area contributed by atoms with E-state index in [1.807, 2.05) is 4.90 Å². The van der Waals surface area contributed by atoms with Gasteiger partial charge in [0.1, 0.15) is 6.04 Å². The first-order valence-electron chi connectivity index (χ1n) is 6.34. The predicted molar refractivity (Wildman–Crippen MR) is 75.8 cm³/mol.